The van der Waals surface area contributed by atoms with Gasteiger partial charge in [0.2, 0.25) is 5.91 Å². The van der Waals surface area contributed by atoms with Gasteiger partial charge in [0, 0.05) is 31.1 Å². The quantitative estimate of drug-likeness (QED) is 0.716. The maximum atomic E-state index is 13.1. The van der Waals surface area contributed by atoms with Crippen LogP contribution in [0.1, 0.15) is 49.5 Å². The zero-order valence-corrected chi connectivity index (χ0v) is 16.2. The lowest BCUT2D eigenvalue weighted by molar-refractivity contribution is -0.126. The van der Waals surface area contributed by atoms with Gasteiger partial charge in [-0.1, -0.05) is 19.8 Å². The zero-order chi connectivity index (χ0) is 19.9. The lowest BCUT2D eigenvalue weighted by atomic mass is 9.95. The van der Waals surface area contributed by atoms with E-state index < -0.39 is 0 Å². The Kier molecular flexibility index (Phi) is 6.79. The molecule has 0 radical (unpaired) electrons. The number of carbonyl (C=O) groups excluding carboxylic acids is 2. The summed E-state index contributed by atoms with van der Waals surface area (Å²) in [5, 5.41) is 9.94. The molecule has 2 amide bonds. The van der Waals surface area contributed by atoms with Crippen molar-refractivity contribution in [3.63, 3.8) is 0 Å². The van der Waals surface area contributed by atoms with Gasteiger partial charge in [-0.2, -0.15) is 5.10 Å². The molecule has 7 heteroatoms. The van der Waals surface area contributed by atoms with Crippen LogP contribution in [0.2, 0.25) is 0 Å². The molecule has 0 bridgehead atoms. The fraction of sp³-hybridized carbons (Fsp3) is 0.476. The second kappa shape index (κ2) is 9.48. The molecule has 0 atom stereocenters. The molecule has 1 fully saturated rings. The van der Waals surface area contributed by atoms with Crippen LogP contribution in [-0.4, -0.2) is 46.5 Å². The smallest absolute Gasteiger partial charge is 0.271 e. The van der Waals surface area contributed by atoms with Crippen molar-refractivity contribution in [2.75, 3.05) is 19.6 Å². The van der Waals surface area contributed by atoms with Crippen LogP contribution in [0.5, 0.6) is 0 Å². The molecule has 2 heterocycles. The third-order valence-corrected chi connectivity index (χ3v) is 5.18. The van der Waals surface area contributed by atoms with Crippen molar-refractivity contribution in [3.8, 4) is 11.3 Å². The van der Waals surface area contributed by atoms with Gasteiger partial charge in [-0.3, -0.25) is 14.7 Å². The van der Waals surface area contributed by atoms with Crippen molar-refractivity contribution in [2.45, 2.75) is 39.0 Å². The molecule has 1 aliphatic rings. The highest BCUT2D eigenvalue weighted by atomic mass is 19.1. The van der Waals surface area contributed by atoms with E-state index in [-0.39, 0.29) is 23.5 Å². The molecule has 28 heavy (non-hydrogen) atoms. The predicted molar refractivity (Wildman–Crippen MR) is 105 cm³/mol. The predicted octanol–water partition coefficient (Wildman–Crippen LogP) is 3.37. The molecule has 3 rings (SSSR count). The number of benzene rings is 1. The fourth-order valence-electron chi connectivity index (χ4n) is 3.45. The largest absolute Gasteiger partial charge is 0.356 e. The summed E-state index contributed by atoms with van der Waals surface area (Å²) >= 11 is 0. The van der Waals surface area contributed by atoms with E-state index in [1.807, 2.05) is 0 Å². The summed E-state index contributed by atoms with van der Waals surface area (Å²) in [5.74, 6) is -0.360. The molecule has 1 aromatic carbocycles. The monoisotopic (exact) mass is 386 g/mol. The lowest BCUT2D eigenvalue weighted by Crippen LogP contribution is -2.43. The van der Waals surface area contributed by atoms with Gasteiger partial charge in [0.1, 0.15) is 11.5 Å². The summed E-state index contributed by atoms with van der Waals surface area (Å²) in [4.78, 5) is 26.7. The zero-order valence-electron chi connectivity index (χ0n) is 16.2. The second-order valence-electron chi connectivity index (χ2n) is 7.24. The molecule has 0 unspecified atom stereocenters. The topological polar surface area (TPSA) is 78.1 Å². The Labute approximate surface area is 164 Å². The van der Waals surface area contributed by atoms with Crippen molar-refractivity contribution in [1.29, 1.82) is 0 Å². The van der Waals surface area contributed by atoms with E-state index in [0.29, 0.717) is 37.3 Å². The highest BCUT2D eigenvalue weighted by Crippen LogP contribution is 2.22. The molecule has 150 valence electrons. The Morgan fingerprint density at radius 1 is 1.21 bits per heavy atom. The molecule has 1 aliphatic heterocycles. The van der Waals surface area contributed by atoms with Gasteiger partial charge < -0.3 is 10.2 Å². The van der Waals surface area contributed by atoms with Crippen LogP contribution in [0.4, 0.5) is 4.39 Å². The molecule has 6 nitrogen and oxygen atoms in total. The van der Waals surface area contributed by atoms with Gasteiger partial charge in [-0.05, 0) is 49.6 Å². The van der Waals surface area contributed by atoms with E-state index in [4.69, 9.17) is 0 Å². The van der Waals surface area contributed by atoms with E-state index in [9.17, 15) is 14.0 Å². The minimum atomic E-state index is -0.312. The van der Waals surface area contributed by atoms with Gasteiger partial charge in [-0.15, -0.1) is 0 Å². The van der Waals surface area contributed by atoms with Gasteiger partial charge in [-0.25, -0.2) is 4.39 Å². The summed E-state index contributed by atoms with van der Waals surface area (Å²) in [7, 11) is 0. The van der Waals surface area contributed by atoms with E-state index in [1.165, 1.54) is 12.1 Å². The molecule has 0 saturated carbocycles. The molecule has 1 aromatic heterocycles. The average molecular weight is 386 g/mol. The van der Waals surface area contributed by atoms with Crippen LogP contribution < -0.4 is 5.32 Å². The Hall–Kier alpha value is -2.70. The van der Waals surface area contributed by atoms with Crippen molar-refractivity contribution >= 4 is 11.8 Å². The summed E-state index contributed by atoms with van der Waals surface area (Å²) in [6.45, 7) is 3.97. The number of piperidine rings is 1. The first-order chi connectivity index (χ1) is 13.6. The summed E-state index contributed by atoms with van der Waals surface area (Å²) in [5.41, 5.74) is 1.75. The van der Waals surface area contributed by atoms with Crippen LogP contribution in [-0.2, 0) is 4.79 Å². The van der Waals surface area contributed by atoms with Crippen LogP contribution in [0.25, 0.3) is 11.3 Å². The number of aromatic amines is 1. The SMILES string of the molecule is CCCCCNC(=O)C1CCN(C(=O)c2cc(-c3ccc(F)cc3)n[nH]2)CC1. The van der Waals surface area contributed by atoms with Gasteiger partial charge >= 0.3 is 0 Å². The number of unbranched alkanes of at least 4 members (excludes halogenated alkanes) is 2. The summed E-state index contributed by atoms with van der Waals surface area (Å²) < 4.78 is 13.1. The minimum Gasteiger partial charge on any atom is -0.356 e. The Balaban J connectivity index is 1.51. The van der Waals surface area contributed by atoms with Gasteiger partial charge in [0.05, 0.1) is 5.69 Å². The Morgan fingerprint density at radius 2 is 1.93 bits per heavy atom. The first-order valence-corrected chi connectivity index (χ1v) is 9.97. The van der Waals surface area contributed by atoms with Crippen LogP contribution in [0.3, 0.4) is 0 Å². The number of halogens is 1. The normalized spacial score (nSPS) is 14.9. The number of hydrogen-bond donors (Lipinski definition) is 2. The van der Waals surface area contributed by atoms with Crippen molar-refractivity contribution in [3.05, 3.63) is 41.8 Å². The van der Waals surface area contributed by atoms with E-state index >= 15 is 0 Å². The third kappa shape index (κ3) is 4.97. The van der Waals surface area contributed by atoms with Crippen molar-refractivity contribution in [1.82, 2.24) is 20.4 Å². The molecular weight excluding hydrogens is 359 g/mol. The summed E-state index contributed by atoms with van der Waals surface area (Å²) in [6, 6.07) is 7.67. The fourth-order valence-corrected chi connectivity index (χ4v) is 3.45. The minimum absolute atomic E-state index is 0.0257. The number of likely N-dealkylation sites (tertiary alicyclic amines) is 1. The molecule has 1 saturated heterocycles. The lowest BCUT2D eigenvalue weighted by Gasteiger charge is -2.31. The van der Waals surface area contributed by atoms with Crippen LogP contribution in [0.15, 0.2) is 30.3 Å². The van der Waals surface area contributed by atoms with Crippen molar-refractivity contribution < 1.29 is 14.0 Å². The molecule has 2 aromatic rings. The number of hydrogen-bond acceptors (Lipinski definition) is 3. The number of H-pyrrole nitrogens is 1. The standard InChI is InChI=1S/C21H27FN4O2/c1-2-3-4-11-23-20(27)16-9-12-26(13-10-16)21(28)19-14-18(24-25-19)15-5-7-17(22)8-6-15/h5-8,14,16H,2-4,9-13H2,1H3,(H,23,27)(H,24,25). The molecule has 0 aliphatic carbocycles. The number of nitrogens with zero attached hydrogens (tertiary/aromatic N) is 2. The summed E-state index contributed by atoms with van der Waals surface area (Å²) in [6.07, 6.45) is 4.61. The Morgan fingerprint density at radius 3 is 2.61 bits per heavy atom. The molecule has 2 N–H and O–H groups in total. The van der Waals surface area contributed by atoms with Gasteiger partial charge in [0.15, 0.2) is 0 Å². The van der Waals surface area contributed by atoms with Crippen molar-refractivity contribution in [2.24, 2.45) is 5.92 Å². The number of carbonyl (C=O) groups is 2. The van der Waals surface area contributed by atoms with E-state index in [1.54, 1.807) is 23.1 Å². The van der Waals surface area contributed by atoms with Crippen LogP contribution in [0, 0.1) is 11.7 Å². The highest BCUT2D eigenvalue weighted by molar-refractivity contribution is 5.93. The number of nitrogens with one attached hydrogen (secondary N) is 2. The van der Waals surface area contributed by atoms with E-state index in [2.05, 4.69) is 22.4 Å². The number of amides is 2. The maximum absolute atomic E-state index is 13.1. The molecular formula is C21H27FN4O2. The van der Waals surface area contributed by atoms with Gasteiger partial charge in [0.25, 0.3) is 5.91 Å². The number of aromatic nitrogens is 2. The first-order valence-electron chi connectivity index (χ1n) is 9.97. The third-order valence-electron chi connectivity index (χ3n) is 5.18. The van der Waals surface area contributed by atoms with Crippen LogP contribution >= 0.6 is 0 Å². The average Bonchev–Trinajstić information content (AvgIpc) is 3.21. The number of rotatable bonds is 7. The Bertz CT molecular complexity index is 795. The first kappa shape index (κ1) is 20.0. The molecule has 0 spiro atoms. The van der Waals surface area contributed by atoms with E-state index in [0.717, 1.165) is 31.4 Å². The second-order valence-corrected chi connectivity index (χ2v) is 7.24. The highest BCUT2D eigenvalue weighted by Gasteiger charge is 2.28. The maximum Gasteiger partial charge on any atom is 0.271 e.